The van der Waals surface area contributed by atoms with E-state index in [1.807, 2.05) is 0 Å². The van der Waals surface area contributed by atoms with Gasteiger partial charge in [0.2, 0.25) is 5.91 Å². The lowest BCUT2D eigenvalue weighted by molar-refractivity contribution is -0.143. The second-order valence-corrected chi connectivity index (χ2v) is 4.59. The largest absolute Gasteiger partial charge is 0.480 e. The van der Waals surface area contributed by atoms with Gasteiger partial charge in [0, 0.05) is 4.90 Å². The Morgan fingerprint density at radius 1 is 1.25 bits per heavy atom. The Balaban J connectivity index is 2.63. The molecule has 0 aliphatic heterocycles. The van der Waals surface area contributed by atoms with Crippen LogP contribution in [-0.4, -0.2) is 35.7 Å². The number of halogens is 3. The molecule has 0 saturated heterocycles. The van der Waals surface area contributed by atoms with Crippen LogP contribution in [0.5, 0.6) is 0 Å². The number of anilines is 1. The summed E-state index contributed by atoms with van der Waals surface area (Å²) >= 11 is -0.352. The van der Waals surface area contributed by atoms with E-state index in [0.29, 0.717) is 0 Å². The van der Waals surface area contributed by atoms with Gasteiger partial charge in [-0.05, 0) is 23.9 Å². The number of benzene rings is 1. The van der Waals surface area contributed by atoms with Crippen LogP contribution in [0.3, 0.4) is 0 Å². The third kappa shape index (κ3) is 6.43. The van der Waals surface area contributed by atoms with Gasteiger partial charge in [-0.2, -0.15) is 13.2 Å². The first-order chi connectivity index (χ1) is 9.28. The third-order valence-electron chi connectivity index (χ3n) is 1.85. The van der Waals surface area contributed by atoms with Gasteiger partial charge in [0.25, 0.3) is 0 Å². The highest BCUT2D eigenvalue weighted by Crippen LogP contribution is 2.40. The molecule has 0 aliphatic carbocycles. The minimum absolute atomic E-state index is 0.0150. The predicted molar refractivity (Wildman–Crippen MR) is 65.4 cm³/mol. The van der Waals surface area contributed by atoms with Crippen molar-refractivity contribution in [3.05, 3.63) is 24.3 Å². The number of ether oxygens (including phenoxy) is 1. The fourth-order valence-electron chi connectivity index (χ4n) is 1.20. The molecular formula is C11H10F3NO4S. The van der Waals surface area contributed by atoms with Crippen LogP contribution in [0.2, 0.25) is 0 Å². The number of alkyl halides is 3. The van der Waals surface area contributed by atoms with Crippen LogP contribution in [0.25, 0.3) is 0 Å². The molecule has 0 saturated carbocycles. The molecule has 2 N–H and O–H groups in total. The third-order valence-corrected chi connectivity index (χ3v) is 2.65. The summed E-state index contributed by atoms with van der Waals surface area (Å²) in [4.78, 5) is 21.4. The molecule has 1 aromatic carbocycles. The van der Waals surface area contributed by atoms with E-state index in [-0.39, 0.29) is 22.3 Å². The highest BCUT2D eigenvalue weighted by atomic mass is 32.2. The van der Waals surface area contributed by atoms with Crippen LogP contribution in [0.15, 0.2) is 29.2 Å². The normalized spacial score (nSPS) is 11.2. The molecule has 5 nitrogen and oxygen atoms in total. The molecule has 0 heterocycles. The minimum atomic E-state index is -4.47. The van der Waals surface area contributed by atoms with Gasteiger partial charge in [-0.3, -0.25) is 4.79 Å². The second-order valence-electron chi connectivity index (χ2n) is 3.48. The topological polar surface area (TPSA) is 75.6 Å². The molecule has 0 aromatic heterocycles. The van der Waals surface area contributed by atoms with Crippen LogP contribution in [-0.2, 0) is 14.3 Å². The summed E-state index contributed by atoms with van der Waals surface area (Å²) in [5, 5.41) is 10.5. The maximum atomic E-state index is 12.3. The van der Waals surface area contributed by atoms with Crippen molar-refractivity contribution in [2.75, 3.05) is 18.5 Å². The number of hydrogen-bond donors (Lipinski definition) is 2. The minimum Gasteiger partial charge on any atom is -0.480 e. The summed E-state index contributed by atoms with van der Waals surface area (Å²) in [5.74, 6) is -1.98. The molecule has 1 amide bonds. The standard InChI is InChI=1S/C11H10F3NO4S/c12-11(13,14)20-8-4-2-1-3-7(8)15-9(16)5-19-6-10(17)18/h1-4H,5-6H2,(H,15,16)(H,17,18). The fraction of sp³-hybridized carbons (Fsp3) is 0.273. The Morgan fingerprint density at radius 2 is 1.90 bits per heavy atom. The lowest BCUT2D eigenvalue weighted by Crippen LogP contribution is -2.21. The summed E-state index contributed by atoms with van der Waals surface area (Å²) in [7, 11) is 0. The Labute approximate surface area is 116 Å². The number of carbonyl (C=O) groups is 2. The van der Waals surface area contributed by atoms with E-state index in [4.69, 9.17) is 5.11 Å². The summed E-state index contributed by atoms with van der Waals surface area (Å²) in [5.41, 5.74) is -4.49. The number of para-hydroxylation sites is 1. The lowest BCUT2D eigenvalue weighted by atomic mass is 10.3. The number of carboxylic acids is 1. The molecular weight excluding hydrogens is 299 g/mol. The van der Waals surface area contributed by atoms with Crippen LogP contribution < -0.4 is 5.32 Å². The van der Waals surface area contributed by atoms with Crippen molar-refractivity contribution in [2.45, 2.75) is 10.4 Å². The Kier molecular flexibility index (Phi) is 5.83. The van der Waals surface area contributed by atoms with E-state index < -0.39 is 30.6 Å². The number of nitrogens with one attached hydrogen (secondary N) is 1. The average Bonchev–Trinajstić information content (AvgIpc) is 2.29. The van der Waals surface area contributed by atoms with Gasteiger partial charge in [0.05, 0.1) is 5.69 Å². The molecule has 20 heavy (non-hydrogen) atoms. The van der Waals surface area contributed by atoms with Crippen LogP contribution in [0, 0.1) is 0 Å². The Hall–Kier alpha value is -1.74. The van der Waals surface area contributed by atoms with Crippen molar-refractivity contribution in [1.29, 1.82) is 0 Å². The Morgan fingerprint density at radius 3 is 2.50 bits per heavy atom. The van der Waals surface area contributed by atoms with Crippen molar-refractivity contribution in [3.8, 4) is 0 Å². The predicted octanol–water partition coefficient (Wildman–Crippen LogP) is 2.34. The van der Waals surface area contributed by atoms with E-state index in [2.05, 4.69) is 10.1 Å². The molecule has 0 aliphatic rings. The van der Waals surface area contributed by atoms with Crippen LogP contribution >= 0.6 is 11.8 Å². The van der Waals surface area contributed by atoms with Crippen molar-refractivity contribution in [3.63, 3.8) is 0 Å². The second kappa shape index (κ2) is 7.15. The summed E-state index contributed by atoms with van der Waals surface area (Å²) in [6.07, 6.45) is 0. The molecule has 1 rings (SSSR count). The molecule has 110 valence electrons. The van der Waals surface area contributed by atoms with E-state index in [1.165, 1.54) is 24.3 Å². The highest BCUT2D eigenvalue weighted by molar-refractivity contribution is 8.00. The first-order valence-corrected chi connectivity index (χ1v) is 6.04. The number of thioether (sulfide) groups is 1. The van der Waals surface area contributed by atoms with Crippen LogP contribution in [0.4, 0.5) is 18.9 Å². The van der Waals surface area contributed by atoms with Crippen molar-refractivity contribution in [2.24, 2.45) is 0 Å². The van der Waals surface area contributed by atoms with Gasteiger partial charge < -0.3 is 15.2 Å². The number of carboxylic acid groups (broad SMARTS) is 1. The monoisotopic (exact) mass is 309 g/mol. The summed E-state index contributed by atoms with van der Waals surface area (Å²) in [6, 6.07) is 5.40. The van der Waals surface area contributed by atoms with E-state index >= 15 is 0 Å². The number of carbonyl (C=O) groups excluding carboxylic acids is 1. The molecule has 0 unspecified atom stereocenters. The first-order valence-electron chi connectivity index (χ1n) is 5.22. The van der Waals surface area contributed by atoms with Gasteiger partial charge in [-0.25, -0.2) is 4.79 Å². The highest BCUT2D eigenvalue weighted by Gasteiger charge is 2.30. The number of hydrogen-bond acceptors (Lipinski definition) is 4. The smallest absolute Gasteiger partial charge is 0.446 e. The molecule has 0 spiro atoms. The van der Waals surface area contributed by atoms with Crippen LogP contribution in [0.1, 0.15) is 0 Å². The van der Waals surface area contributed by atoms with E-state index in [1.54, 1.807) is 0 Å². The molecule has 0 bridgehead atoms. The van der Waals surface area contributed by atoms with Crippen molar-refractivity contribution in [1.82, 2.24) is 0 Å². The average molecular weight is 309 g/mol. The quantitative estimate of drug-likeness (QED) is 0.789. The van der Waals surface area contributed by atoms with E-state index in [0.717, 1.165) is 0 Å². The molecule has 0 radical (unpaired) electrons. The van der Waals surface area contributed by atoms with Gasteiger partial charge in [0.15, 0.2) is 0 Å². The molecule has 0 atom stereocenters. The molecule has 1 aromatic rings. The fourth-order valence-corrected chi connectivity index (χ4v) is 1.83. The maximum Gasteiger partial charge on any atom is 0.446 e. The van der Waals surface area contributed by atoms with Gasteiger partial charge in [-0.15, -0.1) is 0 Å². The first kappa shape index (κ1) is 16.3. The van der Waals surface area contributed by atoms with Gasteiger partial charge in [-0.1, -0.05) is 12.1 Å². The van der Waals surface area contributed by atoms with Gasteiger partial charge in [0.1, 0.15) is 13.2 Å². The SMILES string of the molecule is O=C(O)COCC(=O)Nc1ccccc1SC(F)(F)F. The lowest BCUT2D eigenvalue weighted by Gasteiger charge is -2.12. The maximum absolute atomic E-state index is 12.3. The Bertz CT molecular complexity index is 493. The molecule has 9 heteroatoms. The van der Waals surface area contributed by atoms with E-state index in [9.17, 15) is 22.8 Å². The van der Waals surface area contributed by atoms with Crippen molar-refractivity contribution >= 4 is 29.3 Å². The van der Waals surface area contributed by atoms with Gasteiger partial charge >= 0.3 is 11.5 Å². The molecule has 0 fully saturated rings. The number of aliphatic carboxylic acids is 1. The number of amides is 1. The zero-order valence-electron chi connectivity index (χ0n) is 9.94. The van der Waals surface area contributed by atoms with Crippen molar-refractivity contribution < 1.29 is 32.6 Å². The zero-order valence-corrected chi connectivity index (χ0v) is 10.8. The zero-order chi connectivity index (χ0) is 15.2. The number of rotatable bonds is 6. The summed E-state index contributed by atoms with van der Waals surface area (Å²) in [6.45, 7) is -1.22. The summed E-state index contributed by atoms with van der Waals surface area (Å²) < 4.78 is 41.5.